The van der Waals surface area contributed by atoms with Gasteiger partial charge in [-0.1, -0.05) is 12.1 Å². The van der Waals surface area contributed by atoms with E-state index in [1.54, 1.807) is 24.3 Å². The molecule has 6 heteroatoms. The first-order chi connectivity index (χ1) is 9.08. The molecule has 0 aliphatic heterocycles. The van der Waals surface area contributed by atoms with Crippen LogP contribution in [0.15, 0.2) is 24.3 Å². The maximum atomic E-state index is 11.4. The van der Waals surface area contributed by atoms with E-state index in [2.05, 4.69) is 10.6 Å². The Bertz CT molecular complexity index is 480. The van der Waals surface area contributed by atoms with Crippen molar-refractivity contribution < 1.29 is 14.7 Å². The van der Waals surface area contributed by atoms with Crippen LogP contribution in [-0.4, -0.2) is 30.2 Å². The molecule has 19 heavy (non-hydrogen) atoms. The zero-order chi connectivity index (χ0) is 13.9. The van der Waals surface area contributed by atoms with Crippen molar-refractivity contribution in [2.24, 2.45) is 5.73 Å². The summed E-state index contributed by atoms with van der Waals surface area (Å²) in [5.74, 6) is -0.783. The van der Waals surface area contributed by atoms with E-state index in [4.69, 9.17) is 5.73 Å². The van der Waals surface area contributed by atoms with Crippen molar-refractivity contribution in [1.82, 2.24) is 5.32 Å². The van der Waals surface area contributed by atoms with E-state index in [0.29, 0.717) is 31.6 Å². The maximum Gasteiger partial charge on any atom is 0.319 e. The standard InChI is InChI=1S/C13H17N3O3/c14-7-8-15-12(19)16-10-3-1-9(2-4-10)13(5-6-13)11(17)18/h1-4H,5-8,14H2,(H,17,18)(H2,15,16,19). The van der Waals surface area contributed by atoms with E-state index < -0.39 is 11.4 Å². The number of hydrogen-bond donors (Lipinski definition) is 4. The Hall–Kier alpha value is -2.08. The Balaban J connectivity index is 1.99. The first-order valence-electron chi connectivity index (χ1n) is 6.17. The Labute approximate surface area is 111 Å². The maximum absolute atomic E-state index is 11.4. The molecule has 2 rings (SSSR count). The van der Waals surface area contributed by atoms with Gasteiger partial charge in [-0.2, -0.15) is 0 Å². The molecule has 1 fully saturated rings. The highest BCUT2D eigenvalue weighted by Gasteiger charge is 2.51. The minimum atomic E-state index is -0.783. The molecule has 0 aromatic heterocycles. The summed E-state index contributed by atoms with van der Waals surface area (Å²) in [5, 5.41) is 14.4. The van der Waals surface area contributed by atoms with Gasteiger partial charge in [-0.05, 0) is 30.5 Å². The number of urea groups is 1. The highest BCUT2D eigenvalue weighted by atomic mass is 16.4. The normalized spacial score (nSPS) is 15.6. The largest absolute Gasteiger partial charge is 0.481 e. The lowest BCUT2D eigenvalue weighted by Crippen LogP contribution is -2.32. The lowest BCUT2D eigenvalue weighted by molar-refractivity contribution is -0.140. The van der Waals surface area contributed by atoms with Gasteiger partial charge in [0.2, 0.25) is 0 Å². The number of nitrogens with one attached hydrogen (secondary N) is 2. The second-order valence-electron chi connectivity index (χ2n) is 4.63. The van der Waals surface area contributed by atoms with Gasteiger partial charge in [-0.25, -0.2) is 4.79 Å². The van der Waals surface area contributed by atoms with Gasteiger partial charge < -0.3 is 21.5 Å². The van der Waals surface area contributed by atoms with E-state index in [1.165, 1.54) is 0 Å². The molecular formula is C13H17N3O3. The molecule has 6 nitrogen and oxygen atoms in total. The van der Waals surface area contributed by atoms with E-state index in [1.807, 2.05) is 0 Å². The first kappa shape index (κ1) is 13.4. The Morgan fingerprint density at radius 1 is 1.26 bits per heavy atom. The minimum Gasteiger partial charge on any atom is -0.481 e. The van der Waals surface area contributed by atoms with Crippen molar-refractivity contribution in [2.75, 3.05) is 18.4 Å². The summed E-state index contributed by atoms with van der Waals surface area (Å²) in [7, 11) is 0. The smallest absolute Gasteiger partial charge is 0.319 e. The van der Waals surface area contributed by atoms with Gasteiger partial charge in [0.05, 0.1) is 5.41 Å². The van der Waals surface area contributed by atoms with Crippen LogP contribution in [0.5, 0.6) is 0 Å². The third-order valence-corrected chi connectivity index (χ3v) is 3.28. The number of rotatable bonds is 5. The molecule has 2 amide bonds. The van der Waals surface area contributed by atoms with E-state index in [9.17, 15) is 14.7 Å². The van der Waals surface area contributed by atoms with Crippen molar-refractivity contribution in [3.8, 4) is 0 Å². The monoisotopic (exact) mass is 263 g/mol. The minimum absolute atomic E-state index is 0.322. The Kier molecular flexibility index (Phi) is 3.71. The van der Waals surface area contributed by atoms with Crippen LogP contribution in [0.1, 0.15) is 18.4 Å². The van der Waals surface area contributed by atoms with Crippen LogP contribution < -0.4 is 16.4 Å². The number of benzene rings is 1. The summed E-state index contributed by atoms with van der Waals surface area (Å²) in [6.45, 7) is 0.791. The lowest BCUT2D eigenvalue weighted by Gasteiger charge is -2.11. The summed E-state index contributed by atoms with van der Waals surface area (Å²) in [6.07, 6.45) is 1.35. The zero-order valence-electron chi connectivity index (χ0n) is 10.5. The lowest BCUT2D eigenvalue weighted by atomic mass is 9.96. The second-order valence-corrected chi connectivity index (χ2v) is 4.63. The van der Waals surface area contributed by atoms with E-state index in [-0.39, 0.29) is 6.03 Å². The number of amides is 2. The number of nitrogens with two attached hydrogens (primary N) is 1. The van der Waals surface area contributed by atoms with Gasteiger partial charge >= 0.3 is 12.0 Å². The molecule has 0 heterocycles. The highest BCUT2D eigenvalue weighted by Crippen LogP contribution is 2.48. The fraction of sp³-hybridized carbons (Fsp3) is 0.385. The first-order valence-corrected chi connectivity index (χ1v) is 6.17. The van der Waals surface area contributed by atoms with Gasteiger partial charge in [0.15, 0.2) is 0 Å². The predicted octanol–water partition coefficient (Wildman–Crippen LogP) is 0.883. The van der Waals surface area contributed by atoms with Gasteiger partial charge in [0, 0.05) is 18.8 Å². The number of carbonyl (C=O) groups excluding carboxylic acids is 1. The van der Waals surface area contributed by atoms with Gasteiger partial charge in [-0.15, -0.1) is 0 Å². The highest BCUT2D eigenvalue weighted by molar-refractivity contribution is 5.89. The number of aliphatic carboxylic acids is 1. The van der Waals surface area contributed by atoms with Gasteiger partial charge in [0.1, 0.15) is 0 Å². The van der Waals surface area contributed by atoms with Crippen LogP contribution in [0.4, 0.5) is 10.5 Å². The molecule has 0 saturated heterocycles. The molecule has 0 bridgehead atoms. The summed E-state index contributed by atoms with van der Waals surface area (Å²) in [4.78, 5) is 22.6. The van der Waals surface area contributed by atoms with Crippen LogP contribution >= 0.6 is 0 Å². The van der Waals surface area contributed by atoms with Gasteiger partial charge in [0.25, 0.3) is 0 Å². The van der Waals surface area contributed by atoms with Crippen LogP contribution in [0.25, 0.3) is 0 Å². The third kappa shape index (κ3) is 2.85. The molecule has 102 valence electrons. The number of anilines is 1. The molecule has 1 aliphatic carbocycles. The quantitative estimate of drug-likeness (QED) is 0.633. The van der Waals surface area contributed by atoms with Crippen LogP contribution in [0.3, 0.4) is 0 Å². The molecule has 0 atom stereocenters. The summed E-state index contributed by atoms with van der Waals surface area (Å²) in [5.41, 5.74) is 5.98. The number of hydrogen-bond acceptors (Lipinski definition) is 3. The van der Waals surface area contributed by atoms with Crippen LogP contribution in [0, 0.1) is 0 Å². The molecule has 1 aromatic carbocycles. The average molecular weight is 263 g/mol. The van der Waals surface area contributed by atoms with Gasteiger partial charge in [-0.3, -0.25) is 4.79 Å². The van der Waals surface area contributed by atoms with Crippen molar-refractivity contribution in [3.63, 3.8) is 0 Å². The molecule has 5 N–H and O–H groups in total. The van der Waals surface area contributed by atoms with E-state index in [0.717, 1.165) is 5.56 Å². The molecule has 0 radical (unpaired) electrons. The van der Waals surface area contributed by atoms with Crippen LogP contribution in [-0.2, 0) is 10.2 Å². The Morgan fingerprint density at radius 3 is 2.37 bits per heavy atom. The van der Waals surface area contributed by atoms with Crippen molar-refractivity contribution in [3.05, 3.63) is 29.8 Å². The topological polar surface area (TPSA) is 104 Å². The summed E-state index contributed by atoms with van der Waals surface area (Å²) >= 11 is 0. The molecule has 1 saturated carbocycles. The van der Waals surface area contributed by atoms with Crippen molar-refractivity contribution >= 4 is 17.7 Å². The Morgan fingerprint density at radius 2 is 1.89 bits per heavy atom. The summed E-state index contributed by atoms with van der Waals surface area (Å²) in [6, 6.07) is 6.60. The van der Waals surface area contributed by atoms with Crippen LogP contribution in [0.2, 0.25) is 0 Å². The fourth-order valence-electron chi connectivity index (χ4n) is 1.98. The second kappa shape index (κ2) is 5.27. The molecule has 1 aromatic rings. The van der Waals surface area contributed by atoms with Crippen molar-refractivity contribution in [1.29, 1.82) is 0 Å². The molecule has 0 unspecified atom stereocenters. The molecule has 1 aliphatic rings. The number of carbonyl (C=O) groups is 2. The average Bonchev–Trinajstić information content (AvgIpc) is 3.19. The third-order valence-electron chi connectivity index (χ3n) is 3.28. The molecular weight excluding hydrogens is 246 g/mol. The fourth-order valence-corrected chi connectivity index (χ4v) is 1.98. The number of carboxylic acids is 1. The zero-order valence-corrected chi connectivity index (χ0v) is 10.5. The van der Waals surface area contributed by atoms with E-state index >= 15 is 0 Å². The SMILES string of the molecule is NCCNC(=O)Nc1ccc(C2(C(=O)O)CC2)cc1. The summed E-state index contributed by atoms with van der Waals surface area (Å²) < 4.78 is 0. The number of carboxylic acid groups (broad SMARTS) is 1. The molecule has 0 spiro atoms. The predicted molar refractivity (Wildman–Crippen MR) is 71.1 cm³/mol. The van der Waals surface area contributed by atoms with Crippen molar-refractivity contribution in [2.45, 2.75) is 18.3 Å².